The first-order chi connectivity index (χ1) is 11.7. The summed E-state index contributed by atoms with van der Waals surface area (Å²) in [7, 11) is 0. The van der Waals surface area contributed by atoms with Crippen molar-refractivity contribution in [1.82, 2.24) is 0 Å². The lowest BCUT2D eigenvalue weighted by atomic mass is 9.93. The highest BCUT2D eigenvalue weighted by Gasteiger charge is 2.47. The number of ether oxygens (including phenoxy) is 2. The van der Waals surface area contributed by atoms with Crippen LogP contribution < -0.4 is 10.4 Å². The molecule has 0 fully saturated rings. The van der Waals surface area contributed by atoms with E-state index in [-0.39, 0.29) is 18.3 Å². The van der Waals surface area contributed by atoms with Gasteiger partial charge in [-0.25, -0.2) is 4.79 Å². The summed E-state index contributed by atoms with van der Waals surface area (Å²) in [5.74, 6) is 0.192. The van der Waals surface area contributed by atoms with Crippen molar-refractivity contribution in [1.29, 1.82) is 0 Å². The second-order valence-corrected chi connectivity index (χ2v) is 7.35. The Morgan fingerprint density at radius 1 is 1.28 bits per heavy atom. The molecule has 6 heteroatoms. The molecule has 1 N–H and O–H groups in total. The van der Waals surface area contributed by atoms with Gasteiger partial charge >= 0.3 is 11.6 Å². The molecule has 1 aliphatic rings. The van der Waals surface area contributed by atoms with Gasteiger partial charge < -0.3 is 19.0 Å². The Labute approximate surface area is 145 Å². The minimum Gasteiger partial charge on any atom is -0.483 e. The lowest BCUT2D eigenvalue weighted by molar-refractivity contribution is -0.160. The second-order valence-electron chi connectivity index (χ2n) is 7.35. The summed E-state index contributed by atoms with van der Waals surface area (Å²) in [6.45, 7) is 7.01. The van der Waals surface area contributed by atoms with Gasteiger partial charge in [-0.3, -0.25) is 4.79 Å². The number of fused-ring (bicyclic) bond motifs is 3. The third kappa shape index (κ3) is 3.39. The first-order valence-corrected chi connectivity index (χ1v) is 8.32. The standard InChI is InChI=1S/C19H22O6/c1-10(2)9-14(21)25-17-15-12(23-18(17)19(3,4)22)7-5-11-6-8-13(20)24-16(11)15/h5-8,10,17-18,22H,9H2,1-4H3. The van der Waals surface area contributed by atoms with E-state index in [0.29, 0.717) is 22.3 Å². The zero-order chi connectivity index (χ0) is 18.4. The molecule has 0 spiro atoms. The smallest absolute Gasteiger partial charge is 0.336 e. The number of esters is 1. The fourth-order valence-corrected chi connectivity index (χ4v) is 3.02. The van der Waals surface area contributed by atoms with E-state index in [4.69, 9.17) is 13.9 Å². The molecule has 1 aliphatic heterocycles. The summed E-state index contributed by atoms with van der Waals surface area (Å²) in [5, 5.41) is 11.2. The Balaban J connectivity index is 2.11. The summed E-state index contributed by atoms with van der Waals surface area (Å²) in [5.41, 5.74) is -0.957. The maximum atomic E-state index is 12.2. The summed E-state index contributed by atoms with van der Waals surface area (Å²) in [4.78, 5) is 23.9. The van der Waals surface area contributed by atoms with Crippen LogP contribution in [0.15, 0.2) is 33.5 Å². The fourth-order valence-electron chi connectivity index (χ4n) is 3.02. The predicted molar refractivity (Wildman–Crippen MR) is 91.5 cm³/mol. The largest absolute Gasteiger partial charge is 0.483 e. The number of rotatable bonds is 4. The van der Waals surface area contributed by atoms with Crippen LogP contribution in [0.25, 0.3) is 11.0 Å². The van der Waals surface area contributed by atoms with Crippen molar-refractivity contribution in [2.24, 2.45) is 5.92 Å². The van der Waals surface area contributed by atoms with Crippen molar-refractivity contribution in [3.05, 3.63) is 40.2 Å². The minimum atomic E-state index is -1.26. The molecule has 0 aliphatic carbocycles. The van der Waals surface area contributed by atoms with E-state index in [9.17, 15) is 14.7 Å². The van der Waals surface area contributed by atoms with Crippen LogP contribution in [0.4, 0.5) is 0 Å². The van der Waals surface area contributed by atoms with Gasteiger partial charge in [0.1, 0.15) is 11.3 Å². The van der Waals surface area contributed by atoms with Crippen molar-refractivity contribution in [3.8, 4) is 5.75 Å². The highest BCUT2D eigenvalue weighted by Crippen LogP contribution is 2.46. The zero-order valence-electron chi connectivity index (χ0n) is 14.7. The first kappa shape index (κ1) is 17.5. The molecule has 2 unspecified atom stereocenters. The Hall–Kier alpha value is -2.34. The third-order valence-electron chi connectivity index (χ3n) is 4.13. The Morgan fingerprint density at radius 3 is 2.60 bits per heavy atom. The topological polar surface area (TPSA) is 86.0 Å². The molecule has 6 nitrogen and oxygen atoms in total. The summed E-state index contributed by atoms with van der Waals surface area (Å²) in [6, 6.07) is 6.47. The number of aliphatic hydroxyl groups is 1. The van der Waals surface area contributed by atoms with Gasteiger partial charge in [0.2, 0.25) is 0 Å². The van der Waals surface area contributed by atoms with E-state index in [0.717, 1.165) is 0 Å². The quantitative estimate of drug-likeness (QED) is 0.677. The van der Waals surface area contributed by atoms with Crippen LogP contribution in [0.1, 0.15) is 45.8 Å². The average molecular weight is 346 g/mol. The van der Waals surface area contributed by atoms with Gasteiger partial charge in [-0.15, -0.1) is 0 Å². The van der Waals surface area contributed by atoms with Crippen LogP contribution in [0.3, 0.4) is 0 Å². The maximum absolute atomic E-state index is 12.2. The molecule has 2 aromatic rings. The molecule has 0 amide bonds. The Bertz CT molecular complexity index is 858. The molecule has 1 aromatic heterocycles. The third-order valence-corrected chi connectivity index (χ3v) is 4.13. The van der Waals surface area contributed by atoms with Gasteiger partial charge in [0.25, 0.3) is 0 Å². The van der Waals surface area contributed by atoms with Crippen molar-refractivity contribution in [3.63, 3.8) is 0 Å². The molecular weight excluding hydrogens is 324 g/mol. The van der Waals surface area contributed by atoms with Gasteiger partial charge in [0.05, 0.1) is 11.2 Å². The SMILES string of the molecule is CC(C)CC(=O)OC1c2c(ccc3ccc(=O)oc23)OC1C(C)(C)O. The van der Waals surface area contributed by atoms with Crippen molar-refractivity contribution in [2.45, 2.75) is 51.9 Å². The number of carbonyl (C=O) groups excluding carboxylic acids is 1. The molecular formula is C19H22O6. The lowest BCUT2D eigenvalue weighted by Gasteiger charge is -2.29. The van der Waals surface area contributed by atoms with E-state index >= 15 is 0 Å². The normalized spacial score (nSPS) is 19.8. The predicted octanol–water partition coefficient (Wildman–Crippen LogP) is 2.96. The van der Waals surface area contributed by atoms with Crippen LogP contribution in [-0.2, 0) is 9.53 Å². The molecule has 1 aromatic carbocycles. The van der Waals surface area contributed by atoms with Gasteiger partial charge in [-0.05, 0) is 38.0 Å². The van der Waals surface area contributed by atoms with Crippen LogP contribution in [0, 0.1) is 5.92 Å². The van der Waals surface area contributed by atoms with Crippen LogP contribution in [-0.4, -0.2) is 22.8 Å². The molecule has 2 heterocycles. The number of hydrogen-bond acceptors (Lipinski definition) is 6. The number of carbonyl (C=O) groups is 1. The maximum Gasteiger partial charge on any atom is 0.336 e. The molecule has 3 rings (SSSR count). The van der Waals surface area contributed by atoms with Gasteiger partial charge in [-0.1, -0.05) is 13.8 Å². The molecule has 134 valence electrons. The Kier molecular flexibility index (Phi) is 4.33. The van der Waals surface area contributed by atoms with Crippen LogP contribution in [0.5, 0.6) is 5.75 Å². The zero-order valence-corrected chi connectivity index (χ0v) is 14.7. The van der Waals surface area contributed by atoms with E-state index < -0.39 is 23.4 Å². The highest BCUT2D eigenvalue weighted by molar-refractivity contribution is 5.84. The van der Waals surface area contributed by atoms with E-state index in [1.165, 1.54) is 6.07 Å². The number of hydrogen-bond donors (Lipinski definition) is 1. The van der Waals surface area contributed by atoms with Crippen molar-refractivity contribution in [2.75, 3.05) is 0 Å². The summed E-state index contributed by atoms with van der Waals surface area (Å²) in [6.07, 6.45) is -1.40. The van der Waals surface area contributed by atoms with E-state index in [1.807, 2.05) is 13.8 Å². The van der Waals surface area contributed by atoms with Gasteiger partial charge in [0.15, 0.2) is 12.2 Å². The fraction of sp³-hybridized carbons (Fsp3) is 0.474. The summed E-state index contributed by atoms with van der Waals surface area (Å²) < 4.78 is 16.8. The van der Waals surface area contributed by atoms with Crippen molar-refractivity contribution >= 4 is 16.9 Å². The molecule has 2 atom stereocenters. The molecule has 0 saturated carbocycles. The first-order valence-electron chi connectivity index (χ1n) is 8.32. The second kappa shape index (κ2) is 6.19. The lowest BCUT2D eigenvalue weighted by Crippen LogP contribution is -2.43. The molecule has 0 radical (unpaired) electrons. The molecule has 0 saturated heterocycles. The van der Waals surface area contributed by atoms with E-state index in [1.54, 1.807) is 32.0 Å². The van der Waals surface area contributed by atoms with Gasteiger partial charge in [-0.2, -0.15) is 0 Å². The van der Waals surface area contributed by atoms with Crippen molar-refractivity contribution < 1.29 is 23.8 Å². The Morgan fingerprint density at radius 2 is 1.96 bits per heavy atom. The van der Waals surface area contributed by atoms with Crippen LogP contribution >= 0.6 is 0 Å². The van der Waals surface area contributed by atoms with Gasteiger partial charge in [0, 0.05) is 17.9 Å². The highest BCUT2D eigenvalue weighted by atomic mass is 16.6. The minimum absolute atomic E-state index is 0.139. The van der Waals surface area contributed by atoms with Crippen LogP contribution in [0.2, 0.25) is 0 Å². The summed E-state index contributed by atoms with van der Waals surface area (Å²) >= 11 is 0. The molecule has 25 heavy (non-hydrogen) atoms. The monoisotopic (exact) mass is 346 g/mol. The average Bonchev–Trinajstić information content (AvgIpc) is 2.85. The molecule has 0 bridgehead atoms. The number of benzene rings is 1. The van der Waals surface area contributed by atoms with E-state index in [2.05, 4.69) is 0 Å².